The predicted octanol–water partition coefficient (Wildman–Crippen LogP) is 5.08. The van der Waals surface area contributed by atoms with Crippen molar-refractivity contribution in [1.82, 2.24) is 14.9 Å². The molecule has 0 aromatic carbocycles. The van der Waals surface area contributed by atoms with Gasteiger partial charge in [-0.05, 0) is 56.1 Å². The Labute approximate surface area is 169 Å². The Morgan fingerprint density at radius 3 is 2.52 bits per heavy atom. The Hall–Kier alpha value is -2.24. The van der Waals surface area contributed by atoms with Crippen LogP contribution in [0.3, 0.4) is 0 Å². The molecular weight excluding hydrogens is 370 g/mol. The molecular formula is C23H28F2N4. The van der Waals surface area contributed by atoms with Gasteiger partial charge in [-0.1, -0.05) is 25.7 Å². The summed E-state index contributed by atoms with van der Waals surface area (Å²) in [5, 5.41) is 11.5. The number of rotatable bonds is 3. The molecule has 2 saturated carbocycles. The van der Waals surface area contributed by atoms with Crippen molar-refractivity contribution in [2.24, 2.45) is 11.8 Å². The van der Waals surface area contributed by atoms with Gasteiger partial charge in [-0.2, -0.15) is 0 Å². The number of halogens is 2. The standard InChI is InChI=1S/C23H28F2N4/c24-23(25)16-9-18(14-5-1-2-6-14)28-19(10-16)17-11-20(15-7-3-4-8-15)29-13-27-22(26)12-21(17)29/h9-10,12-15,20,23,26,28H,1-8,11H2. The Morgan fingerprint density at radius 2 is 1.79 bits per heavy atom. The molecule has 2 N–H and O–H groups in total. The van der Waals surface area contributed by atoms with Gasteiger partial charge in [0, 0.05) is 34.6 Å². The number of nitrogens with zero attached hydrogens (tertiary/aromatic N) is 2. The van der Waals surface area contributed by atoms with Crippen molar-refractivity contribution in [3.63, 3.8) is 0 Å². The van der Waals surface area contributed by atoms with E-state index >= 15 is 0 Å². The third kappa shape index (κ3) is 3.47. The third-order valence-electron chi connectivity index (χ3n) is 7.18. The summed E-state index contributed by atoms with van der Waals surface area (Å²) in [7, 11) is 0. The summed E-state index contributed by atoms with van der Waals surface area (Å²) < 4.78 is 29.6. The highest BCUT2D eigenvalue weighted by Crippen LogP contribution is 2.46. The van der Waals surface area contributed by atoms with Crippen molar-refractivity contribution in [3.05, 3.63) is 52.7 Å². The normalized spacial score (nSPS) is 27.9. The van der Waals surface area contributed by atoms with Crippen LogP contribution in [-0.2, 0) is 0 Å². The van der Waals surface area contributed by atoms with Crippen LogP contribution in [0.25, 0.3) is 5.57 Å². The minimum atomic E-state index is -2.48. The average molecular weight is 399 g/mol. The molecule has 2 aliphatic heterocycles. The van der Waals surface area contributed by atoms with Crippen LogP contribution in [0.15, 0.2) is 41.5 Å². The molecule has 154 valence electrons. The van der Waals surface area contributed by atoms with Crippen LogP contribution in [0.1, 0.15) is 69.5 Å². The summed E-state index contributed by atoms with van der Waals surface area (Å²) in [6, 6.07) is 2.11. The highest BCUT2D eigenvalue weighted by atomic mass is 19.3. The number of dihydropyridines is 1. The SMILES string of the molecule is N=c1cc2n(cn1)C(C1CCCC1)CC2=C1C=C(C(F)F)C=C(C2CCCC2)N1. The maximum absolute atomic E-state index is 13.7. The van der Waals surface area contributed by atoms with E-state index < -0.39 is 6.43 Å². The number of nitrogens with one attached hydrogen (secondary N) is 2. The van der Waals surface area contributed by atoms with E-state index in [1.165, 1.54) is 38.5 Å². The molecule has 6 heteroatoms. The van der Waals surface area contributed by atoms with Crippen molar-refractivity contribution in [3.8, 4) is 0 Å². The van der Waals surface area contributed by atoms with Gasteiger partial charge in [0.25, 0.3) is 6.43 Å². The van der Waals surface area contributed by atoms with Crippen molar-refractivity contribution < 1.29 is 8.78 Å². The van der Waals surface area contributed by atoms with Gasteiger partial charge in [0.1, 0.15) is 5.49 Å². The molecule has 0 bridgehead atoms. The second-order valence-corrected chi connectivity index (χ2v) is 8.93. The zero-order valence-electron chi connectivity index (χ0n) is 16.6. The first kappa shape index (κ1) is 18.8. The number of hydrogen-bond donors (Lipinski definition) is 2. The van der Waals surface area contributed by atoms with Crippen molar-refractivity contribution in [2.45, 2.75) is 70.3 Å². The van der Waals surface area contributed by atoms with E-state index in [-0.39, 0.29) is 11.1 Å². The fraction of sp³-hybridized carbons (Fsp3) is 0.565. The highest BCUT2D eigenvalue weighted by Gasteiger charge is 2.35. The summed E-state index contributed by atoms with van der Waals surface area (Å²) in [5.74, 6) is 0.943. The smallest absolute Gasteiger partial charge is 0.263 e. The predicted molar refractivity (Wildman–Crippen MR) is 108 cm³/mol. The molecule has 5 rings (SSSR count). The zero-order chi connectivity index (χ0) is 20.0. The maximum atomic E-state index is 13.7. The van der Waals surface area contributed by atoms with E-state index in [1.807, 2.05) is 0 Å². The molecule has 3 heterocycles. The Kier molecular flexibility index (Phi) is 4.88. The van der Waals surface area contributed by atoms with Gasteiger partial charge >= 0.3 is 0 Å². The van der Waals surface area contributed by atoms with Gasteiger partial charge < -0.3 is 9.88 Å². The van der Waals surface area contributed by atoms with Crippen molar-refractivity contribution in [2.75, 3.05) is 0 Å². The minimum Gasteiger partial charge on any atom is -0.358 e. The van der Waals surface area contributed by atoms with E-state index in [2.05, 4.69) is 14.9 Å². The number of fused-ring (bicyclic) bond motifs is 1. The summed E-state index contributed by atoms with van der Waals surface area (Å²) in [4.78, 5) is 4.21. The first-order valence-corrected chi connectivity index (χ1v) is 10.9. The lowest BCUT2D eigenvalue weighted by Gasteiger charge is -2.24. The van der Waals surface area contributed by atoms with Crippen LogP contribution in [0, 0.1) is 17.2 Å². The highest BCUT2D eigenvalue weighted by molar-refractivity contribution is 5.72. The molecule has 1 unspecified atom stereocenters. The quantitative estimate of drug-likeness (QED) is 0.746. The van der Waals surface area contributed by atoms with Gasteiger partial charge in [-0.25, -0.2) is 13.8 Å². The number of alkyl halides is 2. The summed E-state index contributed by atoms with van der Waals surface area (Å²) in [5.41, 5.74) is 4.08. The van der Waals surface area contributed by atoms with Gasteiger partial charge in [-0.3, -0.25) is 5.41 Å². The van der Waals surface area contributed by atoms with Crippen LogP contribution in [0.5, 0.6) is 0 Å². The van der Waals surface area contributed by atoms with Gasteiger partial charge in [0.05, 0.1) is 12.0 Å². The molecule has 0 amide bonds. The van der Waals surface area contributed by atoms with Crippen LogP contribution in [0.4, 0.5) is 8.78 Å². The first-order chi connectivity index (χ1) is 14.1. The first-order valence-electron chi connectivity index (χ1n) is 10.9. The van der Waals surface area contributed by atoms with Crippen LogP contribution in [-0.4, -0.2) is 16.0 Å². The average Bonchev–Trinajstić information content (AvgIpc) is 3.47. The molecule has 0 radical (unpaired) electrons. The summed E-state index contributed by atoms with van der Waals surface area (Å²) >= 11 is 0. The third-order valence-corrected chi connectivity index (χ3v) is 7.18. The largest absolute Gasteiger partial charge is 0.358 e. The van der Waals surface area contributed by atoms with Crippen LogP contribution >= 0.6 is 0 Å². The molecule has 1 atom stereocenters. The number of aromatic nitrogens is 2. The molecule has 1 aromatic rings. The second kappa shape index (κ2) is 7.54. The minimum absolute atomic E-state index is 0.101. The van der Waals surface area contributed by atoms with Gasteiger partial charge in [0.2, 0.25) is 0 Å². The molecule has 2 fully saturated rings. The maximum Gasteiger partial charge on any atom is 0.263 e. The van der Waals surface area contributed by atoms with E-state index in [0.717, 1.165) is 41.9 Å². The van der Waals surface area contributed by atoms with Gasteiger partial charge in [0.15, 0.2) is 0 Å². The molecule has 29 heavy (non-hydrogen) atoms. The zero-order valence-corrected chi connectivity index (χ0v) is 16.6. The van der Waals surface area contributed by atoms with Gasteiger partial charge in [-0.15, -0.1) is 0 Å². The summed E-state index contributed by atoms with van der Waals surface area (Å²) in [6.07, 6.45) is 12.8. The molecule has 2 aliphatic carbocycles. The van der Waals surface area contributed by atoms with Crippen LogP contribution < -0.4 is 10.8 Å². The summed E-state index contributed by atoms with van der Waals surface area (Å²) in [6.45, 7) is 0. The molecule has 0 saturated heterocycles. The van der Waals surface area contributed by atoms with Crippen molar-refractivity contribution in [1.29, 1.82) is 5.41 Å². The number of allylic oxidation sites excluding steroid dienone is 5. The topological polar surface area (TPSA) is 53.7 Å². The Bertz CT molecular complexity index is 944. The number of hydrogen-bond acceptors (Lipinski definition) is 3. The van der Waals surface area contributed by atoms with E-state index in [0.29, 0.717) is 17.9 Å². The lowest BCUT2D eigenvalue weighted by molar-refractivity contribution is 0.193. The van der Waals surface area contributed by atoms with E-state index in [1.54, 1.807) is 24.5 Å². The van der Waals surface area contributed by atoms with Crippen LogP contribution in [0.2, 0.25) is 0 Å². The van der Waals surface area contributed by atoms with E-state index in [4.69, 9.17) is 5.41 Å². The Balaban J connectivity index is 1.58. The molecule has 4 nitrogen and oxygen atoms in total. The molecule has 0 spiro atoms. The molecule has 4 aliphatic rings. The monoisotopic (exact) mass is 398 g/mol. The van der Waals surface area contributed by atoms with Crippen molar-refractivity contribution >= 4 is 5.57 Å². The fourth-order valence-electron chi connectivity index (χ4n) is 5.69. The fourth-order valence-corrected chi connectivity index (χ4v) is 5.69. The van der Waals surface area contributed by atoms with E-state index in [9.17, 15) is 8.78 Å². The lowest BCUT2D eigenvalue weighted by Crippen LogP contribution is -2.23. The Morgan fingerprint density at radius 1 is 1.07 bits per heavy atom. The molecule has 1 aromatic heterocycles. The lowest BCUT2D eigenvalue weighted by atomic mass is 9.92. The second-order valence-electron chi connectivity index (χ2n) is 8.93.